The van der Waals surface area contributed by atoms with E-state index in [1.165, 1.54) is 0 Å². The minimum absolute atomic E-state index is 0.0325. The maximum Gasteiger partial charge on any atom is 0.224 e. The van der Waals surface area contributed by atoms with Crippen LogP contribution in [0.25, 0.3) is 0 Å². The summed E-state index contributed by atoms with van der Waals surface area (Å²) in [6.07, 6.45) is 3.54. The molecule has 7 heteroatoms. The number of ether oxygens (including phenoxy) is 4. The van der Waals surface area contributed by atoms with Crippen LogP contribution < -0.4 is 9.47 Å². The van der Waals surface area contributed by atoms with Gasteiger partial charge >= 0.3 is 0 Å². The zero-order chi connectivity index (χ0) is 30.3. The van der Waals surface area contributed by atoms with Gasteiger partial charge < -0.3 is 23.8 Å². The van der Waals surface area contributed by atoms with E-state index in [0.29, 0.717) is 51.7 Å². The minimum Gasteiger partial charge on any atom is -0.493 e. The van der Waals surface area contributed by atoms with Crippen molar-refractivity contribution in [2.24, 2.45) is 5.41 Å². The summed E-state index contributed by atoms with van der Waals surface area (Å²) in [6, 6.07) is 14.0. The van der Waals surface area contributed by atoms with Crippen LogP contribution in [0.2, 0.25) is 0 Å². The zero-order valence-corrected chi connectivity index (χ0v) is 26.3. The molecule has 4 rings (SSSR count). The number of hydrogen-bond acceptors (Lipinski definition) is 6. The Bertz CT molecular complexity index is 1160. The highest BCUT2D eigenvalue weighted by Gasteiger charge is 2.50. The first kappa shape index (κ1) is 32.0. The van der Waals surface area contributed by atoms with Gasteiger partial charge in [-0.25, -0.2) is 0 Å². The van der Waals surface area contributed by atoms with E-state index in [-0.39, 0.29) is 36.4 Å². The molecule has 2 fully saturated rings. The fourth-order valence-corrected chi connectivity index (χ4v) is 6.16. The van der Waals surface area contributed by atoms with Crippen LogP contribution in [0.1, 0.15) is 108 Å². The standard InChI is InChI=1S/C35H49NO6/c1-7-39-30-21-35(22-30,26(6)37)23-33(38)36(17-18-42-25(5)27-13-11-10-12-14-27)24(4)29-19-31(40-8-2)34(28-15-16-28)32(20-29)41-9-3/h10-14,19-20,24-25,28,30H,7-9,15-18,21-23H2,1-6H3/t24-,25+,30?,35?/m1/s1. The lowest BCUT2D eigenvalue weighted by Crippen LogP contribution is -2.50. The van der Waals surface area contributed by atoms with Crippen molar-refractivity contribution < 1.29 is 28.5 Å². The molecule has 0 aliphatic heterocycles. The van der Waals surface area contributed by atoms with Crippen LogP contribution in [0, 0.1) is 5.41 Å². The van der Waals surface area contributed by atoms with E-state index in [1.54, 1.807) is 6.92 Å². The van der Waals surface area contributed by atoms with E-state index in [0.717, 1.165) is 41.0 Å². The van der Waals surface area contributed by atoms with Gasteiger partial charge in [-0.1, -0.05) is 30.3 Å². The number of rotatable bonds is 17. The highest BCUT2D eigenvalue weighted by atomic mass is 16.5. The Balaban J connectivity index is 1.59. The fraction of sp³-hybridized carbons (Fsp3) is 0.600. The number of carbonyl (C=O) groups excluding carboxylic acids is 2. The van der Waals surface area contributed by atoms with Crippen LogP contribution in [0.15, 0.2) is 42.5 Å². The normalized spacial score (nSPS) is 21.2. The molecule has 2 aliphatic carbocycles. The van der Waals surface area contributed by atoms with Crippen LogP contribution in [0.5, 0.6) is 11.5 Å². The van der Waals surface area contributed by atoms with Crippen molar-refractivity contribution in [1.29, 1.82) is 0 Å². The number of ketones is 1. The molecule has 2 aromatic rings. The molecule has 1 amide bonds. The number of hydrogen-bond donors (Lipinski definition) is 0. The summed E-state index contributed by atoms with van der Waals surface area (Å²) in [6.45, 7) is 14.1. The summed E-state index contributed by atoms with van der Waals surface area (Å²) in [4.78, 5) is 28.8. The Labute approximate surface area is 251 Å². The first-order valence-corrected chi connectivity index (χ1v) is 15.7. The van der Waals surface area contributed by atoms with Crippen molar-refractivity contribution in [3.05, 3.63) is 59.2 Å². The molecule has 0 heterocycles. The van der Waals surface area contributed by atoms with E-state index in [2.05, 4.69) is 12.1 Å². The number of nitrogens with zero attached hydrogens (tertiary/aromatic N) is 1. The van der Waals surface area contributed by atoms with Gasteiger partial charge in [0.1, 0.15) is 17.3 Å². The molecule has 0 unspecified atom stereocenters. The zero-order valence-electron chi connectivity index (χ0n) is 26.3. The van der Waals surface area contributed by atoms with Gasteiger partial charge in [0, 0.05) is 30.6 Å². The number of carbonyl (C=O) groups is 2. The van der Waals surface area contributed by atoms with Crippen molar-refractivity contribution in [3.8, 4) is 11.5 Å². The monoisotopic (exact) mass is 579 g/mol. The Hall–Kier alpha value is -2.90. The molecule has 0 radical (unpaired) electrons. The lowest BCUT2D eigenvalue weighted by atomic mass is 9.62. The van der Waals surface area contributed by atoms with Gasteiger partial charge in [-0.05, 0) is 96.4 Å². The predicted molar refractivity (Wildman–Crippen MR) is 164 cm³/mol. The molecule has 2 aliphatic rings. The quantitative estimate of drug-likeness (QED) is 0.197. The van der Waals surface area contributed by atoms with Crippen molar-refractivity contribution >= 4 is 11.7 Å². The fourth-order valence-electron chi connectivity index (χ4n) is 6.16. The Kier molecular flexibility index (Phi) is 11.1. The molecule has 0 aromatic heterocycles. The highest BCUT2D eigenvalue weighted by molar-refractivity contribution is 5.90. The van der Waals surface area contributed by atoms with Gasteiger partial charge in [0.2, 0.25) is 5.91 Å². The van der Waals surface area contributed by atoms with Gasteiger partial charge in [0.05, 0.1) is 38.1 Å². The second kappa shape index (κ2) is 14.5. The summed E-state index contributed by atoms with van der Waals surface area (Å²) >= 11 is 0. The first-order chi connectivity index (χ1) is 20.2. The molecule has 42 heavy (non-hydrogen) atoms. The maximum absolute atomic E-state index is 14.1. The first-order valence-electron chi connectivity index (χ1n) is 15.7. The topological polar surface area (TPSA) is 74.3 Å². The second-order valence-corrected chi connectivity index (χ2v) is 11.8. The van der Waals surface area contributed by atoms with Crippen molar-refractivity contribution in [2.75, 3.05) is 33.0 Å². The summed E-state index contributed by atoms with van der Waals surface area (Å²) in [5.41, 5.74) is 2.51. The summed E-state index contributed by atoms with van der Waals surface area (Å²) in [7, 11) is 0. The van der Waals surface area contributed by atoms with Crippen LogP contribution in [0.3, 0.4) is 0 Å². The van der Waals surface area contributed by atoms with Crippen molar-refractivity contribution in [1.82, 2.24) is 4.90 Å². The third-order valence-corrected chi connectivity index (χ3v) is 8.83. The maximum atomic E-state index is 14.1. The van der Waals surface area contributed by atoms with Gasteiger partial charge in [-0.15, -0.1) is 0 Å². The van der Waals surface area contributed by atoms with E-state index in [4.69, 9.17) is 18.9 Å². The van der Waals surface area contributed by atoms with Gasteiger partial charge in [-0.3, -0.25) is 9.59 Å². The Morgan fingerprint density at radius 2 is 1.55 bits per heavy atom. The molecule has 0 spiro atoms. The summed E-state index contributed by atoms with van der Waals surface area (Å²) in [5.74, 6) is 2.14. The van der Waals surface area contributed by atoms with Gasteiger partial charge in [0.25, 0.3) is 0 Å². The number of benzene rings is 2. The SMILES string of the molecule is CCOc1cc([C@@H](C)N(CCO[C@@H](C)c2ccccc2)C(=O)CC2(C(C)=O)CC(OCC)C2)cc(OCC)c1C1CC1. The molecule has 0 N–H and O–H groups in total. The number of Topliss-reactive ketones (excluding diaryl/α,β-unsaturated/α-hetero) is 1. The van der Waals surface area contributed by atoms with E-state index >= 15 is 0 Å². The van der Waals surface area contributed by atoms with Crippen LogP contribution in [-0.2, 0) is 19.1 Å². The number of amides is 1. The second-order valence-electron chi connectivity index (χ2n) is 11.8. The van der Waals surface area contributed by atoms with E-state index < -0.39 is 5.41 Å². The summed E-state index contributed by atoms with van der Waals surface area (Å²) in [5, 5.41) is 0. The van der Waals surface area contributed by atoms with E-state index in [1.807, 2.05) is 69.9 Å². The van der Waals surface area contributed by atoms with Crippen LogP contribution in [-0.4, -0.2) is 55.7 Å². The summed E-state index contributed by atoms with van der Waals surface area (Å²) < 4.78 is 24.2. The Morgan fingerprint density at radius 1 is 0.929 bits per heavy atom. The third kappa shape index (κ3) is 7.54. The van der Waals surface area contributed by atoms with Crippen LogP contribution >= 0.6 is 0 Å². The molecule has 2 aromatic carbocycles. The molecular formula is C35H49NO6. The van der Waals surface area contributed by atoms with Crippen molar-refractivity contribution in [3.63, 3.8) is 0 Å². The smallest absolute Gasteiger partial charge is 0.224 e. The molecule has 0 saturated heterocycles. The Morgan fingerprint density at radius 3 is 2.07 bits per heavy atom. The predicted octanol–water partition coefficient (Wildman–Crippen LogP) is 7.19. The average molecular weight is 580 g/mol. The third-order valence-electron chi connectivity index (χ3n) is 8.83. The molecule has 230 valence electrons. The van der Waals surface area contributed by atoms with Crippen molar-refractivity contribution in [2.45, 2.75) is 97.8 Å². The average Bonchev–Trinajstić information content (AvgIpc) is 3.79. The lowest BCUT2D eigenvalue weighted by Gasteiger charge is -2.46. The molecule has 0 bridgehead atoms. The van der Waals surface area contributed by atoms with Gasteiger partial charge in [-0.2, -0.15) is 0 Å². The van der Waals surface area contributed by atoms with Gasteiger partial charge in [0.15, 0.2) is 0 Å². The molecular weight excluding hydrogens is 530 g/mol. The molecule has 2 saturated carbocycles. The molecule has 2 atom stereocenters. The minimum atomic E-state index is -0.671. The lowest BCUT2D eigenvalue weighted by molar-refractivity contribution is -0.155. The van der Waals surface area contributed by atoms with Crippen LogP contribution in [0.4, 0.5) is 0 Å². The highest BCUT2D eigenvalue weighted by Crippen LogP contribution is 2.51. The van der Waals surface area contributed by atoms with E-state index in [9.17, 15) is 9.59 Å². The molecule has 7 nitrogen and oxygen atoms in total. The largest absolute Gasteiger partial charge is 0.493 e.